The maximum Gasteiger partial charge on any atom is 0.136 e. The lowest BCUT2D eigenvalue weighted by atomic mass is 10.1. The van der Waals surface area contributed by atoms with Gasteiger partial charge in [0.15, 0.2) is 0 Å². The zero-order valence-corrected chi connectivity index (χ0v) is 11.3. The average Bonchev–Trinajstić information content (AvgIpc) is 2.23. The van der Waals surface area contributed by atoms with Crippen LogP contribution >= 0.6 is 15.9 Å². The first-order valence-electron chi connectivity index (χ1n) is 5.07. The van der Waals surface area contributed by atoms with Gasteiger partial charge < -0.3 is 9.47 Å². The Bertz CT molecular complexity index is 353. The number of halogens is 2. The third-order valence-electron chi connectivity index (χ3n) is 2.41. The Kier molecular flexibility index (Phi) is 4.74. The van der Waals surface area contributed by atoms with Gasteiger partial charge in [-0.15, -0.1) is 0 Å². The summed E-state index contributed by atoms with van der Waals surface area (Å²) in [5, 5.41) is 0. The molecule has 4 heteroatoms. The molecule has 1 aromatic carbocycles. The van der Waals surface area contributed by atoms with Crippen LogP contribution in [0.15, 0.2) is 22.7 Å². The first-order valence-corrected chi connectivity index (χ1v) is 5.87. The summed E-state index contributed by atoms with van der Waals surface area (Å²) < 4.78 is 24.5. The molecule has 0 bridgehead atoms. The molecule has 0 aliphatic rings. The molecule has 0 spiro atoms. The summed E-state index contributed by atoms with van der Waals surface area (Å²) in [6, 6.07) is 4.38. The van der Waals surface area contributed by atoms with Gasteiger partial charge in [-0.25, -0.2) is 4.39 Å². The van der Waals surface area contributed by atoms with Crippen LogP contribution in [-0.2, 0) is 4.74 Å². The summed E-state index contributed by atoms with van der Waals surface area (Å²) in [4.78, 5) is 0. The van der Waals surface area contributed by atoms with Crippen molar-refractivity contribution in [3.8, 4) is 5.75 Å². The van der Waals surface area contributed by atoms with Gasteiger partial charge in [-0.05, 0) is 41.9 Å². The highest BCUT2D eigenvalue weighted by Gasteiger charge is 2.16. The molecular formula is C12H16BrFO2. The minimum Gasteiger partial charge on any atom is -0.492 e. The normalized spacial score (nSPS) is 11.6. The number of hydrogen-bond donors (Lipinski definition) is 0. The molecule has 0 saturated heterocycles. The molecule has 1 rings (SSSR count). The van der Waals surface area contributed by atoms with E-state index in [-0.39, 0.29) is 11.4 Å². The molecule has 90 valence electrons. The lowest BCUT2D eigenvalue weighted by Crippen LogP contribution is -2.25. The molecule has 0 fully saturated rings. The van der Waals surface area contributed by atoms with Crippen LogP contribution in [0.5, 0.6) is 5.75 Å². The third kappa shape index (κ3) is 4.10. The molecule has 2 nitrogen and oxygen atoms in total. The minimum atomic E-state index is -0.302. The van der Waals surface area contributed by atoms with E-state index in [2.05, 4.69) is 15.9 Å². The predicted octanol–water partition coefficient (Wildman–Crippen LogP) is 3.78. The second kappa shape index (κ2) is 5.64. The molecule has 0 atom stereocenters. The number of ether oxygens (including phenoxy) is 2. The maximum atomic E-state index is 12.9. The first-order chi connectivity index (χ1) is 7.44. The summed E-state index contributed by atoms with van der Waals surface area (Å²) in [5.74, 6) is 0.219. The smallest absolute Gasteiger partial charge is 0.136 e. The zero-order valence-electron chi connectivity index (χ0n) is 9.72. The Morgan fingerprint density at radius 1 is 1.38 bits per heavy atom. The Hall–Kier alpha value is -0.610. The highest BCUT2D eigenvalue weighted by molar-refractivity contribution is 9.10. The van der Waals surface area contributed by atoms with E-state index in [1.54, 1.807) is 13.2 Å². The Labute approximate surface area is 104 Å². The van der Waals surface area contributed by atoms with Crippen LogP contribution < -0.4 is 4.74 Å². The van der Waals surface area contributed by atoms with Crippen molar-refractivity contribution >= 4 is 15.9 Å². The highest BCUT2D eigenvalue weighted by Crippen LogP contribution is 2.26. The SMILES string of the molecule is COC(C)(C)CCOc1cc(F)ccc1Br. The largest absolute Gasteiger partial charge is 0.492 e. The van der Waals surface area contributed by atoms with E-state index in [1.807, 2.05) is 13.8 Å². The van der Waals surface area contributed by atoms with Gasteiger partial charge in [-0.2, -0.15) is 0 Å². The quantitative estimate of drug-likeness (QED) is 0.822. The highest BCUT2D eigenvalue weighted by atomic mass is 79.9. The van der Waals surface area contributed by atoms with Crippen molar-refractivity contribution in [3.05, 3.63) is 28.5 Å². The van der Waals surface area contributed by atoms with E-state index in [9.17, 15) is 4.39 Å². The van der Waals surface area contributed by atoms with Crippen molar-refractivity contribution in [2.24, 2.45) is 0 Å². The molecule has 0 saturated carbocycles. The van der Waals surface area contributed by atoms with Gasteiger partial charge in [0.1, 0.15) is 11.6 Å². The Balaban J connectivity index is 2.52. The molecule has 0 heterocycles. The monoisotopic (exact) mass is 290 g/mol. The van der Waals surface area contributed by atoms with Crippen molar-refractivity contribution in [2.45, 2.75) is 25.9 Å². The van der Waals surface area contributed by atoms with Gasteiger partial charge in [0, 0.05) is 19.6 Å². The van der Waals surface area contributed by atoms with Crippen LogP contribution in [0.25, 0.3) is 0 Å². The standard InChI is InChI=1S/C12H16BrFO2/c1-12(2,15-3)6-7-16-11-8-9(14)4-5-10(11)13/h4-5,8H,6-7H2,1-3H3. The van der Waals surface area contributed by atoms with Gasteiger partial charge in [0.2, 0.25) is 0 Å². The van der Waals surface area contributed by atoms with Gasteiger partial charge in [-0.3, -0.25) is 0 Å². The maximum absolute atomic E-state index is 12.9. The van der Waals surface area contributed by atoms with E-state index in [0.717, 1.165) is 10.9 Å². The van der Waals surface area contributed by atoms with E-state index in [4.69, 9.17) is 9.47 Å². The fourth-order valence-corrected chi connectivity index (χ4v) is 1.46. The van der Waals surface area contributed by atoms with Gasteiger partial charge in [-0.1, -0.05) is 0 Å². The number of hydrogen-bond acceptors (Lipinski definition) is 2. The van der Waals surface area contributed by atoms with E-state index in [0.29, 0.717) is 12.4 Å². The number of methoxy groups -OCH3 is 1. The van der Waals surface area contributed by atoms with Crippen molar-refractivity contribution in [1.29, 1.82) is 0 Å². The zero-order chi connectivity index (χ0) is 12.2. The van der Waals surface area contributed by atoms with E-state index in [1.165, 1.54) is 12.1 Å². The lowest BCUT2D eigenvalue weighted by Gasteiger charge is -2.22. The van der Waals surface area contributed by atoms with E-state index < -0.39 is 0 Å². The Morgan fingerprint density at radius 2 is 2.06 bits per heavy atom. The lowest BCUT2D eigenvalue weighted by molar-refractivity contribution is 0.00538. The molecule has 0 unspecified atom stereocenters. The summed E-state index contributed by atoms with van der Waals surface area (Å²) in [6.07, 6.45) is 0.743. The van der Waals surface area contributed by atoms with Crippen LogP contribution in [-0.4, -0.2) is 19.3 Å². The van der Waals surface area contributed by atoms with Crippen LogP contribution in [0.4, 0.5) is 4.39 Å². The molecular weight excluding hydrogens is 275 g/mol. The van der Waals surface area contributed by atoms with Crippen molar-refractivity contribution in [3.63, 3.8) is 0 Å². The number of benzene rings is 1. The second-order valence-electron chi connectivity index (χ2n) is 4.14. The summed E-state index contributed by atoms with van der Waals surface area (Å²) >= 11 is 3.31. The minimum absolute atomic E-state index is 0.222. The summed E-state index contributed by atoms with van der Waals surface area (Å²) in [5.41, 5.74) is -0.222. The van der Waals surface area contributed by atoms with Crippen molar-refractivity contribution in [1.82, 2.24) is 0 Å². The predicted molar refractivity (Wildman–Crippen MR) is 65.3 cm³/mol. The topological polar surface area (TPSA) is 18.5 Å². The Morgan fingerprint density at radius 3 is 2.69 bits per heavy atom. The summed E-state index contributed by atoms with van der Waals surface area (Å²) in [7, 11) is 1.66. The first kappa shape index (κ1) is 13.5. The molecule has 0 aliphatic heterocycles. The number of rotatable bonds is 5. The molecule has 0 amide bonds. The molecule has 0 aromatic heterocycles. The third-order valence-corrected chi connectivity index (χ3v) is 3.06. The van der Waals surface area contributed by atoms with Gasteiger partial charge in [0.05, 0.1) is 16.7 Å². The molecule has 0 aliphatic carbocycles. The van der Waals surface area contributed by atoms with Crippen LogP contribution in [0.3, 0.4) is 0 Å². The van der Waals surface area contributed by atoms with Gasteiger partial charge in [0.25, 0.3) is 0 Å². The van der Waals surface area contributed by atoms with Crippen LogP contribution in [0.1, 0.15) is 20.3 Å². The molecule has 16 heavy (non-hydrogen) atoms. The fraction of sp³-hybridized carbons (Fsp3) is 0.500. The van der Waals surface area contributed by atoms with Crippen LogP contribution in [0.2, 0.25) is 0 Å². The molecule has 1 aromatic rings. The van der Waals surface area contributed by atoms with Crippen LogP contribution in [0, 0.1) is 5.82 Å². The summed E-state index contributed by atoms with van der Waals surface area (Å²) in [6.45, 7) is 4.46. The molecule has 0 radical (unpaired) electrons. The molecule has 0 N–H and O–H groups in total. The van der Waals surface area contributed by atoms with Crippen molar-refractivity contribution < 1.29 is 13.9 Å². The average molecular weight is 291 g/mol. The van der Waals surface area contributed by atoms with Crippen molar-refractivity contribution in [2.75, 3.05) is 13.7 Å². The second-order valence-corrected chi connectivity index (χ2v) is 4.99. The van der Waals surface area contributed by atoms with E-state index >= 15 is 0 Å². The van der Waals surface area contributed by atoms with Gasteiger partial charge >= 0.3 is 0 Å². The fourth-order valence-electron chi connectivity index (χ4n) is 1.10.